The van der Waals surface area contributed by atoms with Gasteiger partial charge in [-0.25, -0.2) is 4.99 Å². The minimum absolute atomic E-state index is 0.483. The molecule has 1 aliphatic carbocycles. The fraction of sp³-hybridized carbons (Fsp3) is 0.0714. The molecular weight excluding hydrogens is 242 g/mol. The smallest absolute Gasteiger partial charge is 0.129 e. The number of rotatable bonds is 3. The van der Waals surface area contributed by atoms with Gasteiger partial charge in [-0.3, -0.25) is 0 Å². The lowest BCUT2D eigenvalue weighted by Crippen LogP contribution is -2.04. The van der Waals surface area contributed by atoms with Crippen LogP contribution in [-0.4, -0.2) is 6.34 Å². The number of thioether (sulfide) groups is 1. The molecule has 0 spiro atoms. The number of nitrogens with two attached hydrogens (primary N) is 2. The van der Waals surface area contributed by atoms with Gasteiger partial charge in [-0.15, -0.1) is 0 Å². The predicted molar refractivity (Wildman–Crippen MR) is 78.0 cm³/mol. The van der Waals surface area contributed by atoms with Gasteiger partial charge in [0.25, 0.3) is 0 Å². The average molecular weight is 257 g/mol. The van der Waals surface area contributed by atoms with Crippen LogP contribution in [0.25, 0.3) is 0 Å². The molecule has 4 heteroatoms. The highest BCUT2D eigenvalue weighted by Gasteiger charge is 2.12. The Balaban J connectivity index is 2.27. The third-order valence-corrected chi connectivity index (χ3v) is 3.61. The Morgan fingerprint density at radius 1 is 1.28 bits per heavy atom. The van der Waals surface area contributed by atoms with Gasteiger partial charge in [-0.2, -0.15) is 0 Å². The van der Waals surface area contributed by atoms with E-state index in [0.717, 1.165) is 16.9 Å². The zero-order chi connectivity index (χ0) is 12.8. The first-order valence-corrected chi connectivity index (χ1v) is 6.46. The van der Waals surface area contributed by atoms with E-state index in [9.17, 15) is 0 Å². The first-order chi connectivity index (χ1) is 8.81. The maximum absolute atomic E-state index is 5.92. The predicted octanol–water partition coefficient (Wildman–Crippen LogP) is 2.78. The van der Waals surface area contributed by atoms with Crippen LogP contribution in [0.3, 0.4) is 0 Å². The molecule has 0 saturated carbocycles. The van der Waals surface area contributed by atoms with Gasteiger partial charge >= 0.3 is 0 Å². The Hall–Kier alpha value is -1.94. The van der Waals surface area contributed by atoms with E-state index in [0.29, 0.717) is 5.82 Å². The maximum Gasteiger partial charge on any atom is 0.129 e. The first-order valence-electron chi connectivity index (χ1n) is 5.64. The second kappa shape index (κ2) is 6.12. The highest BCUT2D eigenvalue weighted by atomic mass is 32.2. The lowest BCUT2D eigenvalue weighted by molar-refractivity contribution is 1.11. The minimum atomic E-state index is 0.483. The van der Waals surface area contributed by atoms with E-state index in [2.05, 4.69) is 29.3 Å². The lowest BCUT2D eigenvalue weighted by Gasteiger charge is -2.14. The lowest BCUT2D eigenvalue weighted by atomic mass is 10.1. The molecule has 0 saturated heterocycles. The molecule has 18 heavy (non-hydrogen) atoms. The Bertz CT molecular complexity index is 527. The normalized spacial score (nSPS) is 17.9. The molecule has 0 amide bonds. The van der Waals surface area contributed by atoms with Crippen LogP contribution < -0.4 is 11.5 Å². The molecule has 0 bridgehead atoms. The highest BCUT2D eigenvalue weighted by molar-refractivity contribution is 8.03. The van der Waals surface area contributed by atoms with E-state index in [1.165, 1.54) is 11.2 Å². The van der Waals surface area contributed by atoms with Crippen molar-refractivity contribution in [3.05, 3.63) is 64.9 Å². The fourth-order valence-electron chi connectivity index (χ4n) is 1.64. The third-order valence-electron chi connectivity index (χ3n) is 2.50. The van der Waals surface area contributed by atoms with Gasteiger partial charge in [0.1, 0.15) is 5.82 Å². The van der Waals surface area contributed by atoms with E-state index < -0.39 is 0 Å². The van der Waals surface area contributed by atoms with Crippen molar-refractivity contribution in [3.8, 4) is 0 Å². The summed E-state index contributed by atoms with van der Waals surface area (Å²) in [6.07, 6.45) is 8.16. The summed E-state index contributed by atoms with van der Waals surface area (Å²) in [5.74, 6) is 0.483. The molecule has 0 fully saturated rings. The van der Waals surface area contributed by atoms with Crippen molar-refractivity contribution >= 4 is 18.1 Å². The largest absolute Gasteiger partial charge is 0.390 e. The number of benzene rings is 1. The van der Waals surface area contributed by atoms with Gasteiger partial charge < -0.3 is 11.5 Å². The molecule has 0 aliphatic heterocycles. The molecule has 0 radical (unpaired) electrons. The van der Waals surface area contributed by atoms with Crippen LogP contribution in [0.1, 0.15) is 6.42 Å². The van der Waals surface area contributed by atoms with Gasteiger partial charge in [-0.05, 0) is 24.6 Å². The quantitative estimate of drug-likeness (QED) is 0.646. The van der Waals surface area contributed by atoms with Crippen molar-refractivity contribution in [1.82, 2.24) is 0 Å². The Morgan fingerprint density at radius 3 is 2.78 bits per heavy atom. The van der Waals surface area contributed by atoms with Crippen molar-refractivity contribution < 1.29 is 0 Å². The summed E-state index contributed by atoms with van der Waals surface area (Å²) < 4.78 is 0. The first kappa shape index (κ1) is 12.5. The Labute approximate surface area is 111 Å². The van der Waals surface area contributed by atoms with Crippen LogP contribution in [0.5, 0.6) is 0 Å². The summed E-state index contributed by atoms with van der Waals surface area (Å²) in [6, 6.07) is 10.2. The average Bonchev–Trinajstić information content (AvgIpc) is 2.41. The molecule has 0 aromatic heterocycles. The molecule has 2 rings (SSSR count). The summed E-state index contributed by atoms with van der Waals surface area (Å²) in [4.78, 5) is 6.26. The molecule has 0 unspecified atom stereocenters. The van der Waals surface area contributed by atoms with Crippen LogP contribution >= 0.6 is 11.8 Å². The van der Waals surface area contributed by atoms with Gasteiger partial charge in [0.05, 0.1) is 6.34 Å². The standard InChI is InChI=1S/C14H15N3S/c15-10-17-14(16)12-8-4-5-9-13(12)18-11-6-2-1-3-7-11/h1-7,9-10H,8,16H2,(H2,15,17)/b14-12+. The topological polar surface area (TPSA) is 64.4 Å². The summed E-state index contributed by atoms with van der Waals surface area (Å²) in [5, 5.41) is 0. The van der Waals surface area contributed by atoms with Gasteiger partial charge in [0.2, 0.25) is 0 Å². The summed E-state index contributed by atoms with van der Waals surface area (Å²) in [6.45, 7) is 0. The van der Waals surface area contributed by atoms with E-state index in [4.69, 9.17) is 11.5 Å². The molecule has 1 aromatic carbocycles. The van der Waals surface area contributed by atoms with Crippen molar-refractivity contribution in [1.29, 1.82) is 0 Å². The monoisotopic (exact) mass is 257 g/mol. The summed E-state index contributed by atoms with van der Waals surface area (Å²) >= 11 is 1.68. The minimum Gasteiger partial charge on any atom is -0.390 e. The molecular formula is C14H15N3S. The molecule has 3 nitrogen and oxygen atoms in total. The van der Waals surface area contributed by atoms with E-state index in [1.54, 1.807) is 11.8 Å². The summed E-state index contributed by atoms with van der Waals surface area (Å²) in [7, 11) is 0. The Kier molecular flexibility index (Phi) is 4.25. The van der Waals surface area contributed by atoms with Crippen molar-refractivity contribution in [2.75, 3.05) is 0 Å². The van der Waals surface area contributed by atoms with Crippen molar-refractivity contribution in [2.24, 2.45) is 16.5 Å². The second-order valence-electron chi connectivity index (χ2n) is 3.72. The Morgan fingerprint density at radius 2 is 2.06 bits per heavy atom. The summed E-state index contributed by atoms with van der Waals surface area (Å²) in [5.41, 5.74) is 12.2. The van der Waals surface area contributed by atoms with E-state index in [1.807, 2.05) is 24.3 Å². The molecule has 0 atom stereocenters. The molecule has 0 heterocycles. The second-order valence-corrected chi connectivity index (χ2v) is 4.84. The van der Waals surface area contributed by atoms with Gasteiger partial charge in [-0.1, -0.05) is 42.1 Å². The number of nitrogens with zero attached hydrogens (tertiary/aromatic N) is 1. The number of aliphatic imine (C=N–C) groups is 1. The SMILES string of the molecule is N/C=N\C(N)=C1/CC=CC=C1Sc1ccccc1. The highest BCUT2D eigenvalue weighted by Crippen LogP contribution is 2.36. The van der Waals surface area contributed by atoms with E-state index in [-0.39, 0.29) is 0 Å². The zero-order valence-corrected chi connectivity index (χ0v) is 10.7. The van der Waals surface area contributed by atoms with Crippen LogP contribution in [0.15, 0.2) is 74.7 Å². The van der Waals surface area contributed by atoms with Crippen LogP contribution in [-0.2, 0) is 0 Å². The fourth-order valence-corrected chi connectivity index (χ4v) is 2.65. The van der Waals surface area contributed by atoms with Gasteiger partial charge in [0.15, 0.2) is 0 Å². The van der Waals surface area contributed by atoms with Crippen LogP contribution in [0, 0.1) is 0 Å². The van der Waals surface area contributed by atoms with Crippen LogP contribution in [0.4, 0.5) is 0 Å². The van der Waals surface area contributed by atoms with Crippen LogP contribution in [0.2, 0.25) is 0 Å². The van der Waals surface area contributed by atoms with Crippen molar-refractivity contribution in [3.63, 3.8) is 0 Å². The molecule has 1 aromatic rings. The number of allylic oxidation sites excluding steroid dienone is 4. The maximum atomic E-state index is 5.92. The molecule has 1 aliphatic rings. The van der Waals surface area contributed by atoms with Crippen molar-refractivity contribution in [2.45, 2.75) is 11.3 Å². The number of hydrogen-bond acceptors (Lipinski definition) is 3. The van der Waals surface area contributed by atoms with Gasteiger partial charge in [0, 0.05) is 15.4 Å². The molecule has 92 valence electrons. The zero-order valence-electron chi connectivity index (χ0n) is 9.91. The van der Waals surface area contributed by atoms with E-state index >= 15 is 0 Å². The molecule has 4 N–H and O–H groups in total. The number of hydrogen-bond donors (Lipinski definition) is 2. The third kappa shape index (κ3) is 3.05.